The van der Waals surface area contributed by atoms with Crippen LogP contribution in [0.3, 0.4) is 0 Å². The molecule has 0 spiro atoms. The summed E-state index contributed by atoms with van der Waals surface area (Å²) in [5.74, 6) is 1.47. The molecule has 0 fully saturated rings. The molecular weight excluding hydrogens is 901 g/mol. The van der Waals surface area contributed by atoms with E-state index in [2.05, 4.69) is 110 Å². The highest BCUT2D eigenvalue weighted by Gasteiger charge is 1.79. The minimum Gasteiger partial charge on any atom is -0.245 e. The van der Waals surface area contributed by atoms with Crippen LogP contribution in [-0.4, -0.2) is 90.6 Å². The van der Waals surface area contributed by atoms with E-state index in [1.807, 2.05) is 183 Å². The van der Waals surface area contributed by atoms with Gasteiger partial charge in [-0.05, 0) is 78.6 Å². The van der Waals surface area contributed by atoms with Gasteiger partial charge >= 0.3 is 0 Å². The highest BCUT2D eigenvalue weighted by Crippen LogP contribution is 1.92. The summed E-state index contributed by atoms with van der Waals surface area (Å²) in [6, 6.07) is 14.0. The second-order valence-electron chi connectivity index (χ2n) is 10.7. The standard InChI is InChI=1S/C7H8.3C5H6N2.4C4H5N3.8C2H6/c1-7-5-3-2-4-6-7;1-5-2-6-4-7-3-5;1-5-2-3-6-4-7-5;1-5-2-3-6-7-4-5;1-4-6-2-5-3-7-4;1-4-2-6-7-3-5-4;1-4-2-5-3-6-7-4;1-4-5-2-3-6-7-4;8*1-2/h2-6H,1H3;3*2-4H,1H3;4*2-3H,1H3;8*1-2H3. The molecular formula is C54H94N18. The van der Waals surface area contributed by atoms with Gasteiger partial charge in [-0.15, -0.1) is 15.3 Å². The van der Waals surface area contributed by atoms with E-state index in [0.717, 1.165) is 34.0 Å². The molecule has 0 radical (unpaired) electrons. The predicted octanol–water partition coefficient (Wildman–Crippen LogP) is 13.3. The molecule has 8 rings (SSSR count). The molecule has 0 unspecified atom stereocenters. The zero-order chi connectivity index (χ0) is 56.9. The van der Waals surface area contributed by atoms with Gasteiger partial charge in [0.25, 0.3) is 0 Å². The number of nitrogens with zero attached hydrogens (tertiary/aromatic N) is 18. The van der Waals surface area contributed by atoms with Crippen LogP contribution < -0.4 is 0 Å². The monoisotopic (exact) mass is 995 g/mol. The van der Waals surface area contributed by atoms with E-state index in [1.54, 1.807) is 62.7 Å². The first-order valence-corrected chi connectivity index (χ1v) is 24.7. The van der Waals surface area contributed by atoms with Crippen LogP contribution >= 0.6 is 0 Å². The molecule has 0 aliphatic carbocycles. The molecule has 1 aromatic carbocycles. The third-order valence-electron chi connectivity index (χ3n) is 5.53. The van der Waals surface area contributed by atoms with E-state index >= 15 is 0 Å². The summed E-state index contributed by atoms with van der Waals surface area (Å²) in [5.41, 5.74) is 6.33. The SMILES string of the molecule is CC.CC.CC.CC.CC.CC.CC.CC.Cc1ccccc1.Cc1ccncn1.Cc1ccnnc1.Cc1cncnc1.Cc1cncnn1.Cc1cnncn1.Cc1nccnn1.Cc1ncncn1. The van der Waals surface area contributed by atoms with Crippen molar-refractivity contribution in [3.05, 3.63) is 182 Å². The Morgan fingerprint density at radius 2 is 0.778 bits per heavy atom. The summed E-state index contributed by atoms with van der Waals surface area (Å²) in [5, 5.41) is 28.7. The van der Waals surface area contributed by atoms with Crippen LogP contribution in [0.15, 0.2) is 136 Å². The first-order chi connectivity index (χ1) is 35.2. The van der Waals surface area contributed by atoms with Crippen LogP contribution in [0.4, 0.5) is 0 Å². The second kappa shape index (κ2) is 77.7. The molecule has 0 aliphatic heterocycles. The van der Waals surface area contributed by atoms with Crippen molar-refractivity contribution in [1.82, 2.24) is 90.6 Å². The Morgan fingerprint density at radius 1 is 0.250 bits per heavy atom. The molecule has 18 nitrogen and oxygen atoms in total. The molecule has 0 atom stereocenters. The fraction of sp³-hybridized carbons (Fsp3) is 0.444. The predicted molar refractivity (Wildman–Crippen MR) is 301 cm³/mol. The Kier molecular flexibility index (Phi) is 87.9. The largest absolute Gasteiger partial charge is 0.245 e. The fourth-order valence-electron chi connectivity index (χ4n) is 2.84. The smallest absolute Gasteiger partial charge is 0.147 e. The van der Waals surface area contributed by atoms with Crippen LogP contribution in [0.25, 0.3) is 0 Å². The highest BCUT2D eigenvalue weighted by molar-refractivity contribution is 5.11. The van der Waals surface area contributed by atoms with E-state index in [4.69, 9.17) is 0 Å². The van der Waals surface area contributed by atoms with Gasteiger partial charge in [-0.2, -0.15) is 25.5 Å². The Balaban J connectivity index is -0.000000104. The molecule has 0 saturated carbocycles. The average Bonchev–Trinajstić information content (AvgIpc) is 3.46. The summed E-state index contributed by atoms with van der Waals surface area (Å²) < 4.78 is 0. The maximum atomic E-state index is 3.87. The lowest BCUT2D eigenvalue weighted by Crippen LogP contribution is -1.85. The summed E-state index contributed by atoms with van der Waals surface area (Å²) in [6.45, 7) is 47.3. The van der Waals surface area contributed by atoms with Crippen molar-refractivity contribution >= 4 is 0 Å². The van der Waals surface area contributed by atoms with Crippen molar-refractivity contribution in [2.75, 3.05) is 0 Å². The Labute approximate surface area is 437 Å². The Morgan fingerprint density at radius 3 is 1.00 bits per heavy atom. The molecule has 0 bridgehead atoms. The maximum absolute atomic E-state index is 3.87. The number of aromatic nitrogens is 18. The summed E-state index contributed by atoms with van der Waals surface area (Å²) >= 11 is 0. The van der Waals surface area contributed by atoms with Gasteiger partial charge < -0.3 is 0 Å². The van der Waals surface area contributed by atoms with E-state index in [1.165, 1.54) is 43.5 Å². The van der Waals surface area contributed by atoms with Gasteiger partial charge in [0.1, 0.15) is 49.6 Å². The summed E-state index contributed by atoms with van der Waals surface area (Å²) in [7, 11) is 0. The van der Waals surface area contributed by atoms with Crippen LogP contribution in [0.5, 0.6) is 0 Å². The molecule has 8 aromatic rings. The molecule has 0 N–H and O–H groups in total. The lowest BCUT2D eigenvalue weighted by Gasteiger charge is -1.82. The van der Waals surface area contributed by atoms with Crippen molar-refractivity contribution < 1.29 is 0 Å². The quantitative estimate of drug-likeness (QED) is 0.137. The first kappa shape index (κ1) is 81.5. The lowest BCUT2D eigenvalue weighted by atomic mass is 10.2. The number of aryl methyl sites for hydroxylation is 8. The van der Waals surface area contributed by atoms with Crippen molar-refractivity contribution in [3.8, 4) is 0 Å². The van der Waals surface area contributed by atoms with Crippen LogP contribution in [0.1, 0.15) is 156 Å². The number of hydrogen-bond acceptors (Lipinski definition) is 18. The van der Waals surface area contributed by atoms with Crippen LogP contribution in [0, 0.1) is 55.4 Å². The number of rotatable bonds is 0. The van der Waals surface area contributed by atoms with Crippen LogP contribution in [0.2, 0.25) is 0 Å². The lowest BCUT2D eigenvalue weighted by molar-refractivity contribution is 0.907. The fourth-order valence-corrected chi connectivity index (χ4v) is 2.84. The van der Waals surface area contributed by atoms with E-state index in [9.17, 15) is 0 Å². The van der Waals surface area contributed by atoms with Crippen molar-refractivity contribution in [1.29, 1.82) is 0 Å². The third kappa shape index (κ3) is 74.1. The zero-order valence-corrected chi connectivity index (χ0v) is 48.8. The normalized spacial score (nSPS) is 7.44. The highest BCUT2D eigenvalue weighted by atomic mass is 15.1. The molecule has 18 heteroatoms. The summed E-state index contributed by atoms with van der Waals surface area (Å²) in [4.78, 5) is 37.6. The van der Waals surface area contributed by atoms with Crippen molar-refractivity contribution in [3.63, 3.8) is 0 Å². The Bertz CT molecular complexity index is 1550. The van der Waals surface area contributed by atoms with Crippen molar-refractivity contribution in [2.24, 2.45) is 0 Å². The molecule has 0 aliphatic rings. The zero-order valence-electron chi connectivity index (χ0n) is 48.8. The molecule has 400 valence electrons. The van der Waals surface area contributed by atoms with Crippen molar-refractivity contribution in [2.45, 2.75) is 166 Å². The summed E-state index contributed by atoms with van der Waals surface area (Å²) in [6.07, 6.45) is 23.9. The molecule has 0 saturated heterocycles. The first-order valence-electron chi connectivity index (χ1n) is 24.7. The van der Waals surface area contributed by atoms with Gasteiger partial charge in [0.05, 0.1) is 36.2 Å². The van der Waals surface area contributed by atoms with E-state index in [0.29, 0.717) is 5.82 Å². The van der Waals surface area contributed by atoms with Gasteiger partial charge in [-0.25, -0.2) is 49.8 Å². The van der Waals surface area contributed by atoms with Gasteiger partial charge in [0.15, 0.2) is 0 Å². The average molecular weight is 995 g/mol. The molecule has 7 aromatic heterocycles. The minimum absolute atomic E-state index is 0.711. The van der Waals surface area contributed by atoms with Crippen LogP contribution in [-0.2, 0) is 0 Å². The van der Waals surface area contributed by atoms with E-state index in [-0.39, 0.29) is 0 Å². The minimum atomic E-state index is 0.711. The van der Waals surface area contributed by atoms with Gasteiger partial charge in [-0.3, -0.25) is 0 Å². The molecule has 7 heterocycles. The number of benzene rings is 1. The van der Waals surface area contributed by atoms with Gasteiger partial charge in [0.2, 0.25) is 0 Å². The molecule has 72 heavy (non-hydrogen) atoms. The van der Waals surface area contributed by atoms with Gasteiger partial charge in [0, 0.05) is 36.7 Å². The molecule has 0 amide bonds. The number of hydrogen-bond donors (Lipinski definition) is 0. The Hall–Kier alpha value is -7.50. The third-order valence-corrected chi connectivity index (χ3v) is 5.53. The second-order valence-corrected chi connectivity index (χ2v) is 10.7. The maximum Gasteiger partial charge on any atom is 0.147 e. The van der Waals surface area contributed by atoms with E-state index < -0.39 is 0 Å². The van der Waals surface area contributed by atoms with Gasteiger partial charge in [-0.1, -0.05) is 147 Å². The topological polar surface area (TPSA) is 232 Å².